The molecule has 2 unspecified atom stereocenters. The van der Waals surface area contributed by atoms with E-state index in [1.807, 2.05) is 20.8 Å². The minimum Gasteiger partial charge on any atom is -0.480 e. The second-order valence-electron chi connectivity index (χ2n) is 5.34. The third kappa shape index (κ3) is 3.62. The van der Waals surface area contributed by atoms with Crippen molar-refractivity contribution in [3.05, 3.63) is 0 Å². The highest BCUT2D eigenvalue weighted by molar-refractivity contribution is 5.82. The molecule has 2 amide bonds. The first-order valence-electron chi connectivity index (χ1n) is 6.64. The molecule has 1 saturated carbocycles. The average Bonchev–Trinajstić information content (AvgIpc) is 3.16. The lowest BCUT2D eigenvalue weighted by atomic mass is 9.99. The lowest BCUT2D eigenvalue weighted by Crippen LogP contribution is -2.51. The number of nitrogens with one attached hydrogen (secondary N) is 1. The first kappa shape index (κ1) is 14.8. The van der Waals surface area contributed by atoms with Gasteiger partial charge in [0.2, 0.25) is 0 Å². The van der Waals surface area contributed by atoms with Crippen LogP contribution in [0.2, 0.25) is 0 Å². The summed E-state index contributed by atoms with van der Waals surface area (Å²) >= 11 is 0. The van der Waals surface area contributed by atoms with Crippen LogP contribution in [0.3, 0.4) is 0 Å². The Morgan fingerprint density at radius 2 is 1.94 bits per heavy atom. The van der Waals surface area contributed by atoms with Crippen LogP contribution >= 0.6 is 0 Å². The molecule has 0 heterocycles. The van der Waals surface area contributed by atoms with Gasteiger partial charge in [0, 0.05) is 13.1 Å². The number of carbonyl (C=O) groups is 2. The van der Waals surface area contributed by atoms with Crippen molar-refractivity contribution < 1.29 is 14.7 Å². The predicted molar refractivity (Wildman–Crippen MR) is 69.4 cm³/mol. The van der Waals surface area contributed by atoms with Gasteiger partial charge in [-0.05, 0) is 31.6 Å². The first-order chi connectivity index (χ1) is 8.38. The Labute approximate surface area is 109 Å². The summed E-state index contributed by atoms with van der Waals surface area (Å²) in [5, 5.41) is 11.8. The van der Waals surface area contributed by atoms with E-state index in [0.717, 1.165) is 19.3 Å². The number of rotatable bonds is 6. The molecule has 2 N–H and O–H groups in total. The van der Waals surface area contributed by atoms with Crippen LogP contribution in [0.4, 0.5) is 4.79 Å². The highest BCUT2D eigenvalue weighted by Gasteiger charge is 2.34. The summed E-state index contributed by atoms with van der Waals surface area (Å²) in [7, 11) is 1.73. The topological polar surface area (TPSA) is 69.6 Å². The number of hydrogen-bond donors (Lipinski definition) is 2. The van der Waals surface area contributed by atoms with Crippen LogP contribution < -0.4 is 5.32 Å². The summed E-state index contributed by atoms with van der Waals surface area (Å²) in [6.07, 6.45) is 3.04. The largest absolute Gasteiger partial charge is 0.480 e. The Morgan fingerprint density at radius 1 is 1.39 bits per heavy atom. The average molecular weight is 256 g/mol. The number of amides is 2. The maximum Gasteiger partial charge on any atom is 0.326 e. The second kappa shape index (κ2) is 6.07. The fourth-order valence-corrected chi connectivity index (χ4v) is 2.00. The van der Waals surface area contributed by atoms with Gasteiger partial charge in [0.15, 0.2) is 0 Å². The maximum absolute atomic E-state index is 12.0. The van der Waals surface area contributed by atoms with Gasteiger partial charge in [0.25, 0.3) is 0 Å². The van der Waals surface area contributed by atoms with E-state index in [1.165, 1.54) is 0 Å². The van der Waals surface area contributed by atoms with Crippen LogP contribution in [0.5, 0.6) is 0 Å². The number of aliphatic carboxylic acids is 1. The molecule has 1 aliphatic rings. The highest BCUT2D eigenvalue weighted by Crippen LogP contribution is 2.34. The van der Waals surface area contributed by atoms with Crippen molar-refractivity contribution in [2.75, 3.05) is 7.05 Å². The van der Waals surface area contributed by atoms with E-state index in [-0.39, 0.29) is 18.0 Å². The van der Waals surface area contributed by atoms with Crippen LogP contribution in [0.15, 0.2) is 0 Å². The molecule has 0 bridgehead atoms. The third-order valence-corrected chi connectivity index (χ3v) is 3.99. The number of hydrogen-bond acceptors (Lipinski definition) is 2. The normalized spacial score (nSPS) is 19.8. The van der Waals surface area contributed by atoms with Gasteiger partial charge in [0.1, 0.15) is 6.04 Å². The van der Waals surface area contributed by atoms with Crippen molar-refractivity contribution in [3.63, 3.8) is 0 Å². The lowest BCUT2D eigenvalue weighted by molar-refractivity contribution is -0.140. The third-order valence-electron chi connectivity index (χ3n) is 3.99. The van der Waals surface area contributed by atoms with E-state index in [2.05, 4.69) is 5.32 Å². The number of urea groups is 1. The molecule has 0 aromatic heterocycles. The van der Waals surface area contributed by atoms with E-state index in [9.17, 15) is 9.59 Å². The molecule has 0 aromatic rings. The van der Waals surface area contributed by atoms with Gasteiger partial charge in [-0.3, -0.25) is 0 Å². The zero-order valence-electron chi connectivity index (χ0n) is 11.6. The molecular formula is C13H24N2O3. The monoisotopic (exact) mass is 256 g/mol. The standard InChI is InChI=1S/C13H24N2O3/c1-5-8(2)11(12(16)17)14-13(18)15(4)9(3)10-6-7-10/h8-11H,5-7H2,1-4H3,(H,14,18)(H,16,17)/t8?,9?,11-/m0/s1. The maximum atomic E-state index is 12.0. The summed E-state index contributed by atoms with van der Waals surface area (Å²) in [5.41, 5.74) is 0. The quantitative estimate of drug-likeness (QED) is 0.763. The molecular weight excluding hydrogens is 232 g/mol. The van der Waals surface area contributed by atoms with Gasteiger partial charge >= 0.3 is 12.0 Å². The smallest absolute Gasteiger partial charge is 0.326 e. The van der Waals surface area contributed by atoms with Gasteiger partial charge in [-0.2, -0.15) is 0 Å². The molecule has 104 valence electrons. The van der Waals surface area contributed by atoms with Crippen LogP contribution in [0, 0.1) is 11.8 Å². The van der Waals surface area contributed by atoms with Gasteiger partial charge in [0.05, 0.1) is 0 Å². The molecule has 1 aliphatic carbocycles. The number of nitrogens with zero attached hydrogens (tertiary/aromatic N) is 1. The molecule has 0 aromatic carbocycles. The summed E-state index contributed by atoms with van der Waals surface area (Å²) in [5.74, 6) is -0.464. The number of carboxylic acid groups (broad SMARTS) is 1. The first-order valence-corrected chi connectivity index (χ1v) is 6.64. The summed E-state index contributed by atoms with van der Waals surface area (Å²) in [6.45, 7) is 5.77. The molecule has 0 radical (unpaired) electrons. The Balaban J connectivity index is 2.57. The van der Waals surface area contributed by atoms with Crippen LogP contribution in [-0.4, -0.2) is 41.1 Å². The minimum atomic E-state index is -0.967. The fraction of sp³-hybridized carbons (Fsp3) is 0.846. The van der Waals surface area contributed by atoms with Crippen molar-refractivity contribution in [1.82, 2.24) is 10.2 Å². The number of carbonyl (C=O) groups excluding carboxylic acids is 1. The van der Waals surface area contributed by atoms with E-state index in [4.69, 9.17) is 5.11 Å². The van der Waals surface area contributed by atoms with Crippen molar-refractivity contribution >= 4 is 12.0 Å². The zero-order valence-corrected chi connectivity index (χ0v) is 11.6. The molecule has 5 nitrogen and oxygen atoms in total. The zero-order chi connectivity index (χ0) is 13.9. The van der Waals surface area contributed by atoms with Gasteiger partial charge in [-0.15, -0.1) is 0 Å². The fourth-order valence-electron chi connectivity index (χ4n) is 2.00. The van der Waals surface area contributed by atoms with Crippen LogP contribution in [-0.2, 0) is 4.79 Å². The van der Waals surface area contributed by atoms with Crippen molar-refractivity contribution in [1.29, 1.82) is 0 Å². The van der Waals surface area contributed by atoms with E-state index in [1.54, 1.807) is 11.9 Å². The second-order valence-corrected chi connectivity index (χ2v) is 5.34. The molecule has 0 saturated heterocycles. The molecule has 0 spiro atoms. The minimum absolute atomic E-state index is 0.0731. The highest BCUT2D eigenvalue weighted by atomic mass is 16.4. The summed E-state index contributed by atoms with van der Waals surface area (Å²) in [6, 6.07) is -0.921. The van der Waals surface area contributed by atoms with Crippen molar-refractivity contribution in [2.24, 2.45) is 11.8 Å². The lowest BCUT2D eigenvalue weighted by Gasteiger charge is -2.28. The van der Waals surface area contributed by atoms with Crippen molar-refractivity contribution in [2.45, 2.75) is 52.1 Å². The molecule has 3 atom stereocenters. The molecule has 1 fully saturated rings. The van der Waals surface area contributed by atoms with E-state index in [0.29, 0.717) is 5.92 Å². The molecule has 18 heavy (non-hydrogen) atoms. The molecule has 1 rings (SSSR count). The summed E-state index contributed by atoms with van der Waals surface area (Å²) < 4.78 is 0. The van der Waals surface area contributed by atoms with Gasteiger partial charge in [-0.1, -0.05) is 20.3 Å². The van der Waals surface area contributed by atoms with Crippen LogP contribution in [0.1, 0.15) is 40.0 Å². The van der Waals surface area contributed by atoms with E-state index >= 15 is 0 Å². The SMILES string of the molecule is CCC(C)[C@H](NC(=O)N(C)C(C)C1CC1)C(=O)O. The number of carboxylic acids is 1. The van der Waals surface area contributed by atoms with Gasteiger partial charge in [-0.25, -0.2) is 9.59 Å². The van der Waals surface area contributed by atoms with Crippen LogP contribution in [0.25, 0.3) is 0 Å². The Bertz CT molecular complexity index is 315. The van der Waals surface area contributed by atoms with Crippen molar-refractivity contribution in [3.8, 4) is 0 Å². The Morgan fingerprint density at radius 3 is 2.33 bits per heavy atom. The van der Waals surface area contributed by atoms with E-state index < -0.39 is 12.0 Å². The Hall–Kier alpha value is -1.26. The molecule has 5 heteroatoms. The van der Waals surface area contributed by atoms with Gasteiger partial charge < -0.3 is 15.3 Å². The summed E-state index contributed by atoms with van der Waals surface area (Å²) in [4.78, 5) is 24.8. The predicted octanol–water partition coefficient (Wildman–Crippen LogP) is 1.93. The Kier molecular flexibility index (Phi) is 4.99. The molecule has 0 aliphatic heterocycles.